The minimum atomic E-state index is -5.36. The lowest BCUT2D eigenvalue weighted by Crippen LogP contribution is -2.52. The average Bonchev–Trinajstić information content (AvgIpc) is 3.76. The summed E-state index contributed by atoms with van der Waals surface area (Å²) in [5.41, 5.74) is -0.765. The molecule has 2 unspecified atom stereocenters. The fourth-order valence-electron chi connectivity index (χ4n) is 3.87. The second-order valence-corrected chi connectivity index (χ2v) is 10.4. The Hall–Kier alpha value is -3.48. The Morgan fingerprint density at radius 2 is 1.85 bits per heavy atom. The number of hydrogen-bond donors (Lipinski definition) is 3. The van der Waals surface area contributed by atoms with Gasteiger partial charge in [-0.3, -0.25) is 4.79 Å². The second kappa shape index (κ2) is 11.4. The number of rotatable bonds is 10. The number of nitrogens with one attached hydrogen (secondary N) is 1. The Balaban J connectivity index is 1.71. The normalized spacial score (nSPS) is 16.4. The Morgan fingerprint density at radius 3 is 2.44 bits per heavy atom. The van der Waals surface area contributed by atoms with Crippen LogP contribution >= 0.6 is 11.6 Å². The van der Waals surface area contributed by atoms with Gasteiger partial charge in [0.1, 0.15) is 12.5 Å². The van der Waals surface area contributed by atoms with Gasteiger partial charge in [0.05, 0.1) is 41.7 Å². The summed E-state index contributed by atoms with van der Waals surface area (Å²) in [5, 5.41) is 12.8. The highest BCUT2D eigenvalue weighted by atomic mass is 35.5. The van der Waals surface area contributed by atoms with E-state index in [1.165, 1.54) is 44.4 Å². The number of hydrogen-bond acceptors (Lipinski definition) is 6. The van der Waals surface area contributed by atoms with Crippen LogP contribution in [-0.4, -0.2) is 48.6 Å². The molecule has 2 atom stereocenters. The smallest absolute Gasteiger partial charge is 0.424 e. The van der Waals surface area contributed by atoms with Crippen molar-refractivity contribution in [1.29, 1.82) is 0 Å². The van der Waals surface area contributed by atoms with Gasteiger partial charge in [0.15, 0.2) is 11.5 Å². The monoisotopic (exact) mass is 599 g/mol. The quantitative estimate of drug-likeness (QED) is 0.269. The number of amides is 1. The fourth-order valence-corrected chi connectivity index (χ4v) is 4.05. The summed E-state index contributed by atoms with van der Waals surface area (Å²) in [6, 6.07) is 9.46. The number of benzene rings is 2. The fraction of sp³-hybridized carbons (Fsp3) is 0.357. The van der Waals surface area contributed by atoms with E-state index in [9.17, 15) is 31.9 Å². The molecule has 1 saturated carbocycles. The second-order valence-electron chi connectivity index (χ2n) is 10.0. The molecule has 4 rings (SSSR count). The first-order chi connectivity index (χ1) is 19.2. The maximum atomic E-state index is 14.4. The zero-order valence-electron chi connectivity index (χ0n) is 22.0. The Kier molecular flexibility index (Phi) is 8.49. The number of carbonyl (C=O) groups is 1. The molecule has 220 valence electrons. The molecule has 2 aromatic carbocycles. The minimum Gasteiger partial charge on any atom is -0.493 e. The third kappa shape index (κ3) is 6.55. The van der Waals surface area contributed by atoms with Crippen molar-refractivity contribution in [3.8, 4) is 22.8 Å². The Morgan fingerprint density at radius 1 is 1.15 bits per heavy atom. The van der Waals surface area contributed by atoms with E-state index in [0.717, 1.165) is 31.0 Å². The van der Waals surface area contributed by atoms with E-state index in [-0.39, 0.29) is 39.3 Å². The zero-order valence-corrected chi connectivity index (χ0v) is 22.7. The molecular formula is C28H27ClF5N3O4. The Bertz CT molecular complexity index is 1450. The summed E-state index contributed by atoms with van der Waals surface area (Å²) >= 11 is 5.84. The number of pyridine rings is 1. The largest absolute Gasteiger partial charge is 0.493 e. The lowest BCUT2D eigenvalue weighted by molar-refractivity contribution is -0.265. The molecule has 1 aliphatic carbocycles. The molecule has 13 heteroatoms. The molecule has 0 spiro atoms. The topological polar surface area (TPSA) is 107 Å². The van der Waals surface area contributed by atoms with Crippen molar-refractivity contribution >= 4 is 17.5 Å². The lowest BCUT2D eigenvalue weighted by atomic mass is 9.89. The van der Waals surface area contributed by atoms with Crippen molar-refractivity contribution in [3.05, 3.63) is 76.2 Å². The van der Waals surface area contributed by atoms with E-state index in [1.807, 2.05) is 0 Å². The first-order valence-corrected chi connectivity index (χ1v) is 12.8. The molecule has 1 aliphatic rings. The minimum absolute atomic E-state index is 0.0391. The van der Waals surface area contributed by atoms with Crippen molar-refractivity contribution in [3.63, 3.8) is 0 Å². The summed E-state index contributed by atoms with van der Waals surface area (Å²) in [7, 11) is 1.35. The van der Waals surface area contributed by atoms with Crippen molar-refractivity contribution in [2.75, 3.05) is 20.3 Å². The molecule has 1 heterocycles. The number of nitrogens with two attached hydrogens (primary N) is 1. The molecule has 3 aromatic rings. The standard InChI is InChI=1S/C28H27ClF5N3O4/c1-26(35,13-30)17-11-21(15-3-7-20(31)19(29)9-15)37-24(12-17)27(39,28(32,33)34)14-36-25(38)16-4-8-22(23(10-16)40-2)41-18-5-6-18/h3-4,7-12,18,39H,5-6,13-14,35H2,1-2H3,(H,36,38). The highest BCUT2D eigenvalue weighted by Crippen LogP contribution is 2.40. The van der Waals surface area contributed by atoms with E-state index in [1.54, 1.807) is 0 Å². The first-order valence-electron chi connectivity index (χ1n) is 12.4. The maximum absolute atomic E-state index is 14.4. The van der Waals surface area contributed by atoms with Crippen molar-refractivity contribution < 1.29 is 41.3 Å². The highest BCUT2D eigenvalue weighted by molar-refractivity contribution is 6.31. The number of ether oxygens (including phenoxy) is 2. The summed E-state index contributed by atoms with van der Waals surface area (Å²) in [4.78, 5) is 16.8. The molecule has 0 bridgehead atoms. The predicted molar refractivity (Wildman–Crippen MR) is 141 cm³/mol. The number of aromatic nitrogens is 1. The van der Waals surface area contributed by atoms with E-state index in [0.29, 0.717) is 5.75 Å². The molecule has 1 amide bonds. The van der Waals surface area contributed by atoms with Crippen LogP contribution in [-0.2, 0) is 11.1 Å². The van der Waals surface area contributed by atoms with Gasteiger partial charge >= 0.3 is 6.18 Å². The van der Waals surface area contributed by atoms with Gasteiger partial charge in [-0.2, -0.15) is 13.2 Å². The van der Waals surface area contributed by atoms with Crippen LogP contribution in [0.25, 0.3) is 11.3 Å². The van der Waals surface area contributed by atoms with Crippen molar-refractivity contribution in [2.24, 2.45) is 5.73 Å². The average molecular weight is 600 g/mol. The third-order valence-electron chi connectivity index (χ3n) is 6.62. The summed E-state index contributed by atoms with van der Waals surface area (Å²) < 4.78 is 81.8. The van der Waals surface area contributed by atoms with Crippen molar-refractivity contribution in [1.82, 2.24) is 10.3 Å². The van der Waals surface area contributed by atoms with Crippen molar-refractivity contribution in [2.45, 2.75) is 43.2 Å². The number of alkyl halides is 4. The van der Waals surface area contributed by atoms with Gasteiger partial charge in [-0.25, -0.2) is 13.8 Å². The van der Waals surface area contributed by atoms with Gasteiger partial charge in [-0.1, -0.05) is 11.6 Å². The van der Waals surface area contributed by atoms with Crippen LogP contribution in [0.15, 0.2) is 48.5 Å². The third-order valence-corrected chi connectivity index (χ3v) is 6.91. The maximum Gasteiger partial charge on any atom is 0.424 e. The van der Waals surface area contributed by atoms with Crippen LogP contribution in [0.4, 0.5) is 22.0 Å². The first kappa shape index (κ1) is 30.5. The van der Waals surface area contributed by atoms with Crippen LogP contribution in [0.1, 0.15) is 41.4 Å². The van der Waals surface area contributed by atoms with Crippen LogP contribution in [0.2, 0.25) is 5.02 Å². The summed E-state index contributed by atoms with van der Waals surface area (Å²) in [6.45, 7) is -1.27. The van der Waals surface area contributed by atoms with Crippen LogP contribution in [0.5, 0.6) is 11.5 Å². The van der Waals surface area contributed by atoms with Crippen LogP contribution in [0.3, 0.4) is 0 Å². The number of nitrogens with zero attached hydrogens (tertiary/aromatic N) is 1. The van der Waals surface area contributed by atoms with Gasteiger partial charge in [-0.15, -0.1) is 0 Å². The van der Waals surface area contributed by atoms with E-state index >= 15 is 0 Å². The summed E-state index contributed by atoms with van der Waals surface area (Å²) in [6.07, 6.45) is -3.57. The molecule has 0 radical (unpaired) electrons. The van der Waals surface area contributed by atoms with Crippen LogP contribution < -0.4 is 20.5 Å². The van der Waals surface area contributed by atoms with Gasteiger partial charge in [-0.05, 0) is 73.9 Å². The van der Waals surface area contributed by atoms with E-state index in [2.05, 4.69) is 10.3 Å². The molecule has 4 N–H and O–H groups in total. The molecule has 1 aromatic heterocycles. The molecule has 1 fully saturated rings. The highest BCUT2D eigenvalue weighted by Gasteiger charge is 2.56. The van der Waals surface area contributed by atoms with E-state index in [4.69, 9.17) is 26.8 Å². The Labute approximate surface area is 237 Å². The number of aliphatic hydroxyl groups is 1. The molecule has 0 aliphatic heterocycles. The van der Waals surface area contributed by atoms with E-state index < -0.39 is 48.0 Å². The predicted octanol–water partition coefficient (Wildman–Crippen LogP) is 5.41. The van der Waals surface area contributed by atoms with Gasteiger partial charge in [0.2, 0.25) is 5.60 Å². The number of carbonyl (C=O) groups excluding carboxylic acids is 1. The summed E-state index contributed by atoms with van der Waals surface area (Å²) in [5.74, 6) is -1.14. The SMILES string of the molecule is COc1cc(C(=O)NCC(O)(c2cc(C(C)(N)CF)cc(-c3ccc(F)c(Cl)c3)n2)C(F)(F)F)ccc1OC1CC1. The molecule has 7 nitrogen and oxygen atoms in total. The molecule has 0 saturated heterocycles. The number of halogens is 6. The van der Waals surface area contributed by atoms with Gasteiger partial charge < -0.3 is 25.6 Å². The van der Waals surface area contributed by atoms with Crippen LogP contribution in [0, 0.1) is 5.82 Å². The molecule has 41 heavy (non-hydrogen) atoms. The lowest BCUT2D eigenvalue weighted by Gasteiger charge is -2.32. The molecular weight excluding hydrogens is 573 g/mol. The number of methoxy groups -OCH3 is 1. The van der Waals surface area contributed by atoms with Gasteiger partial charge in [0, 0.05) is 11.1 Å². The van der Waals surface area contributed by atoms with Gasteiger partial charge in [0.25, 0.3) is 5.91 Å². The zero-order chi connectivity index (χ0) is 30.2.